The van der Waals surface area contributed by atoms with Gasteiger partial charge in [0.25, 0.3) is 0 Å². The maximum Gasteiger partial charge on any atom is 0.387 e. The van der Waals surface area contributed by atoms with Crippen molar-refractivity contribution in [2.24, 2.45) is 0 Å². The molecule has 1 fully saturated rings. The van der Waals surface area contributed by atoms with Gasteiger partial charge in [0, 0.05) is 23.7 Å². The first-order valence-electron chi connectivity index (χ1n) is 10.2. The van der Waals surface area contributed by atoms with Gasteiger partial charge in [-0.05, 0) is 36.8 Å². The topological polar surface area (TPSA) is 109 Å². The lowest BCUT2D eigenvalue weighted by molar-refractivity contribution is -0.115. The molecule has 10 heteroatoms. The van der Waals surface area contributed by atoms with Crippen LogP contribution in [0, 0.1) is 11.3 Å². The van der Waals surface area contributed by atoms with E-state index in [1.807, 2.05) is 6.07 Å². The summed E-state index contributed by atoms with van der Waals surface area (Å²) in [6, 6.07) is 13.2. The maximum absolute atomic E-state index is 12.8. The number of para-hydroxylation sites is 1. The van der Waals surface area contributed by atoms with Crippen LogP contribution < -0.4 is 14.8 Å². The number of halogens is 2. The van der Waals surface area contributed by atoms with E-state index in [1.165, 1.54) is 12.1 Å². The van der Waals surface area contributed by atoms with Gasteiger partial charge in [-0.2, -0.15) is 19.1 Å². The molecule has 33 heavy (non-hydrogen) atoms. The van der Waals surface area contributed by atoms with Crippen LogP contribution in [0.3, 0.4) is 0 Å². The van der Waals surface area contributed by atoms with E-state index < -0.39 is 12.9 Å². The Morgan fingerprint density at radius 3 is 2.91 bits per heavy atom. The second-order valence-electron chi connectivity index (χ2n) is 7.24. The Balaban J connectivity index is 1.55. The largest absolute Gasteiger partial charge is 0.461 e. The van der Waals surface area contributed by atoms with Crippen molar-refractivity contribution < 1.29 is 27.8 Å². The molecule has 1 saturated heterocycles. The highest BCUT2D eigenvalue weighted by molar-refractivity contribution is 5.94. The first-order valence-corrected chi connectivity index (χ1v) is 10.2. The molecule has 2 aromatic carbocycles. The van der Waals surface area contributed by atoms with E-state index in [2.05, 4.69) is 20.3 Å². The summed E-state index contributed by atoms with van der Waals surface area (Å²) in [7, 11) is 0. The lowest BCUT2D eigenvalue weighted by Crippen LogP contribution is -2.16. The molecule has 0 spiro atoms. The molecule has 1 unspecified atom stereocenters. The van der Waals surface area contributed by atoms with Gasteiger partial charge in [0.05, 0.1) is 30.0 Å². The predicted octanol–water partition coefficient (Wildman–Crippen LogP) is 4.25. The first-order chi connectivity index (χ1) is 16.0. The van der Waals surface area contributed by atoms with Crippen LogP contribution in [-0.2, 0) is 16.0 Å². The van der Waals surface area contributed by atoms with Crippen molar-refractivity contribution in [3.05, 3.63) is 59.8 Å². The van der Waals surface area contributed by atoms with Crippen LogP contribution in [0.25, 0.3) is 11.3 Å². The van der Waals surface area contributed by atoms with Crippen LogP contribution >= 0.6 is 0 Å². The van der Waals surface area contributed by atoms with Crippen molar-refractivity contribution in [1.82, 2.24) is 10.2 Å². The van der Waals surface area contributed by atoms with E-state index in [0.29, 0.717) is 41.1 Å². The fraction of sp³-hybridized carbons (Fsp3) is 0.261. The zero-order valence-electron chi connectivity index (χ0n) is 17.4. The van der Waals surface area contributed by atoms with Crippen molar-refractivity contribution in [2.75, 3.05) is 11.9 Å². The number of H-pyrrole nitrogens is 1. The Morgan fingerprint density at radius 2 is 2.15 bits per heavy atom. The normalized spacial score (nSPS) is 15.3. The van der Waals surface area contributed by atoms with Gasteiger partial charge in [-0.3, -0.25) is 9.89 Å². The van der Waals surface area contributed by atoms with Crippen molar-refractivity contribution in [2.45, 2.75) is 32.2 Å². The van der Waals surface area contributed by atoms with Gasteiger partial charge in [-0.25, -0.2) is 0 Å². The summed E-state index contributed by atoms with van der Waals surface area (Å²) in [4.78, 5) is 12.6. The zero-order chi connectivity index (χ0) is 23.2. The molecule has 170 valence electrons. The first kappa shape index (κ1) is 22.2. The van der Waals surface area contributed by atoms with Crippen molar-refractivity contribution in [3.8, 4) is 28.8 Å². The molecule has 1 aromatic heterocycles. The standard InChI is InChI=1S/C23H20F2N4O4/c24-23(25)33-18-8-7-14(10-19(18)32-21-6-3-9-31-21)22-16(13-27-29-22)11-20(30)28-17-5-2-1-4-15(17)12-26/h1-2,4-5,7-8,10,13,21,23H,3,6,9,11H2,(H,27,29)(H,28,30). The lowest BCUT2D eigenvalue weighted by Gasteiger charge is -2.17. The highest BCUT2D eigenvalue weighted by Gasteiger charge is 2.22. The third-order valence-corrected chi connectivity index (χ3v) is 4.97. The van der Waals surface area contributed by atoms with Gasteiger partial charge < -0.3 is 19.5 Å². The number of hydrogen-bond acceptors (Lipinski definition) is 6. The fourth-order valence-electron chi connectivity index (χ4n) is 3.48. The number of anilines is 1. The van der Waals surface area contributed by atoms with Crippen LogP contribution in [0.15, 0.2) is 48.7 Å². The number of alkyl halides is 2. The number of aromatic nitrogens is 2. The highest BCUT2D eigenvalue weighted by Crippen LogP contribution is 2.36. The summed E-state index contributed by atoms with van der Waals surface area (Å²) < 4.78 is 41.4. The average molecular weight is 454 g/mol. The SMILES string of the molecule is N#Cc1ccccc1NC(=O)Cc1c[nH]nc1-c1ccc(OC(F)F)c(OC2CCCO2)c1. The van der Waals surface area contributed by atoms with Crippen LogP contribution in [-0.4, -0.2) is 35.6 Å². The molecule has 2 N–H and O–H groups in total. The number of ether oxygens (including phenoxy) is 3. The number of hydrogen-bond donors (Lipinski definition) is 2. The van der Waals surface area contributed by atoms with Crippen molar-refractivity contribution >= 4 is 11.6 Å². The van der Waals surface area contributed by atoms with E-state index in [-0.39, 0.29) is 23.8 Å². The Labute approximate surface area is 188 Å². The summed E-state index contributed by atoms with van der Waals surface area (Å²) in [5.74, 6) is -0.359. The maximum atomic E-state index is 12.8. The number of carbonyl (C=O) groups is 1. The van der Waals surface area contributed by atoms with E-state index in [4.69, 9.17) is 9.47 Å². The monoisotopic (exact) mass is 454 g/mol. The molecular formula is C23H20F2N4O4. The molecule has 4 rings (SSSR count). The fourth-order valence-corrected chi connectivity index (χ4v) is 3.48. The molecule has 3 aromatic rings. The summed E-state index contributed by atoms with van der Waals surface area (Å²) in [5, 5.41) is 18.9. The van der Waals surface area contributed by atoms with Gasteiger partial charge in [-0.1, -0.05) is 12.1 Å². The van der Waals surface area contributed by atoms with Gasteiger partial charge in [0.15, 0.2) is 17.8 Å². The number of nitrogens with one attached hydrogen (secondary N) is 2. The molecule has 0 saturated carbocycles. The molecule has 1 amide bonds. The smallest absolute Gasteiger partial charge is 0.387 e. The van der Waals surface area contributed by atoms with Crippen LogP contribution in [0.2, 0.25) is 0 Å². The minimum atomic E-state index is -3.01. The Kier molecular flexibility index (Phi) is 6.80. The number of aromatic amines is 1. The minimum Gasteiger partial charge on any atom is -0.461 e. The molecule has 8 nitrogen and oxygen atoms in total. The molecule has 1 atom stereocenters. The number of nitriles is 1. The molecule has 0 radical (unpaired) electrons. The molecule has 1 aliphatic rings. The third kappa shape index (κ3) is 5.45. The number of carbonyl (C=O) groups excluding carboxylic acids is 1. The van der Waals surface area contributed by atoms with Gasteiger partial charge >= 0.3 is 6.61 Å². The second-order valence-corrected chi connectivity index (χ2v) is 7.24. The van der Waals surface area contributed by atoms with Gasteiger partial charge in [0.2, 0.25) is 5.91 Å². The van der Waals surface area contributed by atoms with Crippen molar-refractivity contribution in [1.29, 1.82) is 5.26 Å². The number of benzene rings is 2. The van der Waals surface area contributed by atoms with Crippen molar-refractivity contribution in [3.63, 3.8) is 0 Å². The number of nitrogens with zero attached hydrogens (tertiary/aromatic N) is 2. The third-order valence-electron chi connectivity index (χ3n) is 4.97. The van der Waals surface area contributed by atoms with E-state index in [0.717, 1.165) is 6.42 Å². The Bertz CT molecular complexity index is 1170. The van der Waals surface area contributed by atoms with E-state index >= 15 is 0 Å². The Morgan fingerprint density at radius 1 is 1.30 bits per heavy atom. The summed E-state index contributed by atoms with van der Waals surface area (Å²) in [6.07, 6.45) is 2.45. The van der Waals surface area contributed by atoms with Crippen LogP contribution in [0.5, 0.6) is 11.5 Å². The predicted molar refractivity (Wildman–Crippen MR) is 114 cm³/mol. The van der Waals surface area contributed by atoms with Gasteiger partial charge in [-0.15, -0.1) is 0 Å². The quantitative estimate of drug-likeness (QED) is 0.527. The summed E-state index contributed by atoms with van der Waals surface area (Å²) >= 11 is 0. The highest BCUT2D eigenvalue weighted by atomic mass is 19.3. The minimum absolute atomic E-state index is 0.0250. The average Bonchev–Trinajstić information content (AvgIpc) is 3.47. The molecule has 1 aliphatic heterocycles. The Hall–Kier alpha value is -3.97. The zero-order valence-corrected chi connectivity index (χ0v) is 17.4. The molecule has 2 heterocycles. The van der Waals surface area contributed by atoms with Crippen LogP contribution in [0.4, 0.5) is 14.5 Å². The van der Waals surface area contributed by atoms with Crippen LogP contribution in [0.1, 0.15) is 24.0 Å². The molecule has 0 bridgehead atoms. The van der Waals surface area contributed by atoms with Gasteiger partial charge in [0.1, 0.15) is 6.07 Å². The molecular weight excluding hydrogens is 434 g/mol. The lowest BCUT2D eigenvalue weighted by atomic mass is 10.0. The molecule has 0 aliphatic carbocycles. The second kappa shape index (κ2) is 10.1. The number of amides is 1. The van der Waals surface area contributed by atoms with E-state index in [9.17, 15) is 18.8 Å². The van der Waals surface area contributed by atoms with E-state index in [1.54, 1.807) is 36.5 Å². The number of rotatable bonds is 8. The summed E-state index contributed by atoms with van der Waals surface area (Å²) in [6.45, 7) is -2.48. The summed E-state index contributed by atoms with van der Waals surface area (Å²) in [5.41, 5.74) is 2.35.